The number of hydrogen-bond acceptors (Lipinski definition) is 3. The van der Waals surface area contributed by atoms with Gasteiger partial charge in [0.25, 0.3) is 0 Å². The van der Waals surface area contributed by atoms with Crippen molar-refractivity contribution in [1.29, 1.82) is 0 Å². The maximum absolute atomic E-state index is 13.3. The van der Waals surface area contributed by atoms with E-state index in [0.717, 1.165) is 36.2 Å². The largest absolute Gasteiger partial charge is 0.386 e. The maximum atomic E-state index is 13.3. The van der Waals surface area contributed by atoms with Gasteiger partial charge in [0.1, 0.15) is 6.10 Å². The zero-order valence-electron chi connectivity index (χ0n) is 14.6. The van der Waals surface area contributed by atoms with E-state index in [1.807, 2.05) is 29.7 Å². The summed E-state index contributed by atoms with van der Waals surface area (Å²) in [6.45, 7) is 4.03. The summed E-state index contributed by atoms with van der Waals surface area (Å²) < 4.78 is 2.01. The lowest BCUT2D eigenvalue weighted by Gasteiger charge is -2.26. The van der Waals surface area contributed by atoms with Gasteiger partial charge >= 0.3 is 0 Å². The highest BCUT2D eigenvalue weighted by atomic mass is 16.3. The summed E-state index contributed by atoms with van der Waals surface area (Å²) in [5, 5.41) is 10.8. The van der Waals surface area contributed by atoms with E-state index in [2.05, 4.69) is 23.0 Å². The molecule has 130 valence electrons. The van der Waals surface area contributed by atoms with Crippen molar-refractivity contribution in [3.63, 3.8) is 0 Å². The fraction of sp³-hybridized carbons (Fsp3) is 0.400. The van der Waals surface area contributed by atoms with E-state index in [1.165, 1.54) is 11.1 Å². The number of pyridine rings is 1. The number of nitrogens with one attached hydrogen (secondary N) is 1. The number of aromatic amines is 1. The maximum Gasteiger partial charge on any atom is 0.185 e. The lowest BCUT2D eigenvalue weighted by Crippen LogP contribution is -2.29. The van der Waals surface area contributed by atoms with E-state index in [4.69, 9.17) is 0 Å². The number of aliphatic hydroxyl groups excluding tert-OH is 1. The van der Waals surface area contributed by atoms with Crippen LogP contribution in [0.2, 0.25) is 0 Å². The molecule has 0 amide bonds. The van der Waals surface area contributed by atoms with Crippen molar-refractivity contribution < 1.29 is 9.90 Å². The highest BCUT2D eigenvalue weighted by Gasteiger charge is 2.38. The average molecular weight is 337 g/mol. The molecule has 0 spiro atoms. The molecule has 0 saturated heterocycles. The van der Waals surface area contributed by atoms with Crippen molar-refractivity contribution in [2.75, 3.05) is 0 Å². The fourth-order valence-electron chi connectivity index (χ4n) is 4.16. The van der Waals surface area contributed by atoms with E-state index >= 15 is 0 Å². The lowest BCUT2D eigenvalue weighted by atomic mass is 9.80. The summed E-state index contributed by atoms with van der Waals surface area (Å²) in [4.78, 5) is 20.5. The van der Waals surface area contributed by atoms with E-state index < -0.39 is 12.0 Å². The minimum absolute atomic E-state index is 0.0275. The van der Waals surface area contributed by atoms with Crippen molar-refractivity contribution in [2.45, 2.75) is 45.6 Å². The number of fused-ring (bicyclic) bond motifs is 3. The van der Waals surface area contributed by atoms with Gasteiger partial charge in [0, 0.05) is 17.4 Å². The molecule has 0 bridgehead atoms. The summed E-state index contributed by atoms with van der Waals surface area (Å²) in [5.41, 5.74) is 5.72. The van der Waals surface area contributed by atoms with Gasteiger partial charge in [0.2, 0.25) is 0 Å². The number of aryl methyl sites for hydroxylation is 2. The smallest absolute Gasteiger partial charge is 0.185 e. The molecule has 2 N–H and O–H groups in total. The third-order valence-electron chi connectivity index (χ3n) is 5.37. The fourth-order valence-corrected chi connectivity index (χ4v) is 4.16. The van der Waals surface area contributed by atoms with Crippen LogP contribution in [-0.2, 0) is 12.8 Å². The molecular formula is C20H23N3O2. The Bertz CT molecular complexity index is 938. The molecule has 3 heterocycles. The summed E-state index contributed by atoms with van der Waals surface area (Å²) >= 11 is 0. The Kier molecular flexibility index (Phi) is 3.96. The standard InChI is InChI=1S/C20H23N3O2/c1-3-6-13-14-8-9-15(19(24)17-12(2)21-11-22-17)20(25)18(14)23-10-5-4-7-16(13)23/h4-5,7,10-11,15,19,24H,3,6,8-9H2,1-2H3,(H,21,22). The Morgan fingerprint density at radius 1 is 1.44 bits per heavy atom. The molecule has 3 aromatic rings. The van der Waals surface area contributed by atoms with Gasteiger partial charge in [-0.05, 0) is 49.4 Å². The number of aliphatic hydroxyl groups is 1. The van der Waals surface area contributed by atoms with Crippen molar-refractivity contribution >= 4 is 11.3 Å². The first kappa shape index (κ1) is 16.1. The van der Waals surface area contributed by atoms with Crippen molar-refractivity contribution in [1.82, 2.24) is 14.4 Å². The average Bonchev–Trinajstić information content (AvgIpc) is 3.18. The molecule has 0 radical (unpaired) electrons. The Hall–Kier alpha value is -2.40. The summed E-state index contributed by atoms with van der Waals surface area (Å²) in [7, 11) is 0. The van der Waals surface area contributed by atoms with Gasteiger partial charge in [-0.1, -0.05) is 19.4 Å². The number of carbonyl (C=O) groups is 1. The second kappa shape index (κ2) is 6.15. The van der Waals surface area contributed by atoms with Crippen LogP contribution in [0.25, 0.3) is 5.52 Å². The van der Waals surface area contributed by atoms with E-state index in [1.54, 1.807) is 6.33 Å². The molecule has 4 rings (SSSR count). The second-order valence-electron chi connectivity index (χ2n) is 6.88. The van der Waals surface area contributed by atoms with Gasteiger partial charge in [0.15, 0.2) is 5.78 Å². The monoisotopic (exact) mass is 337 g/mol. The molecule has 2 atom stereocenters. The topological polar surface area (TPSA) is 70.4 Å². The Morgan fingerprint density at radius 2 is 2.28 bits per heavy atom. The third-order valence-corrected chi connectivity index (χ3v) is 5.37. The number of imidazole rings is 1. The number of Topliss-reactive ketones (excluding diaryl/α,β-unsaturated/α-hetero) is 1. The normalized spacial score (nSPS) is 18.5. The molecule has 3 aromatic heterocycles. The third kappa shape index (κ3) is 2.42. The molecule has 1 aliphatic rings. The number of H-pyrrole nitrogens is 1. The number of hydrogen-bond donors (Lipinski definition) is 2. The van der Waals surface area contributed by atoms with Gasteiger partial charge in [-0.2, -0.15) is 0 Å². The van der Waals surface area contributed by atoms with Crippen LogP contribution in [0.1, 0.15) is 58.9 Å². The predicted molar refractivity (Wildman–Crippen MR) is 95.8 cm³/mol. The summed E-state index contributed by atoms with van der Waals surface area (Å²) in [6, 6.07) is 6.05. The number of ketones is 1. The van der Waals surface area contributed by atoms with Crippen LogP contribution in [0, 0.1) is 12.8 Å². The number of rotatable bonds is 4. The molecule has 2 unspecified atom stereocenters. The molecule has 5 nitrogen and oxygen atoms in total. The van der Waals surface area contributed by atoms with Crippen molar-refractivity contribution in [3.8, 4) is 0 Å². The van der Waals surface area contributed by atoms with E-state index in [0.29, 0.717) is 12.1 Å². The zero-order valence-corrected chi connectivity index (χ0v) is 14.6. The first-order valence-corrected chi connectivity index (χ1v) is 8.96. The minimum Gasteiger partial charge on any atom is -0.386 e. The van der Waals surface area contributed by atoms with Crippen LogP contribution in [0.15, 0.2) is 30.7 Å². The van der Waals surface area contributed by atoms with E-state index in [9.17, 15) is 9.90 Å². The summed E-state index contributed by atoms with van der Waals surface area (Å²) in [6.07, 6.45) is 6.17. The van der Waals surface area contributed by atoms with Crippen LogP contribution in [0.3, 0.4) is 0 Å². The van der Waals surface area contributed by atoms with Crippen LogP contribution in [0.5, 0.6) is 0 Å². The van der Waals surface area contributed by atoms with Gasteiger partial charge < -0.3 is 14.5 Å². The Balaban J connectivity index is 1.81. The first-order valence-electron chi connectivity index (χ1n) is 8.96. The van der Waals surface area contributed by atoms with Crippen LogP contribution in [0.4, 0.5) is 0 Å². The highest BCUT2D eigenvalue weighted by molar-refractivity contribution is 6.01. The molecule has 0 fully saturated rings. The number of carbonyl (C=O) groups excluding carboxylic acids is 1. The molecule has 0 aliphatic heterocycles. The van der Waals surface area contributed by atoms with Gasteiger partial charge in [0.05, 0.1) is 23.6 Å². The lowest BCUT2D eigenvalue weighted by molar-refractivity contribution is 0.0617. The minimum atomic E-state index is -0.865. The Morgan fingerprint density at radius 3 is 3.00 bits per heavy atom. The predicted octanol–water partition coefficient (Wildman–Crippen LogP) is 3.40. The van der Waals surface area contributed by atoms with E-state index in [-0.39, 0.29) is 5.78 Å². The molecule has 5 heteroatoms. The Labute approximate surface area is 146 Å². The van der Waals surface area contributed by atoms with Gasteiger partial charge in [-0.25, -0.2) is 4.98 Å². The molecule has 1 aliphatic carbocycles. The number of nitrogens with zero attached hydrogens (tertiary/aromatic N) is 2. The molecule has 0 saturated carbocycles. The highest BCUT2D eigenvalue weighted by Crippen LogP contribution is 2.38. The van der Waals surface area contributed by atoms with Crippen LogP contribution in [-0.4, -0.2) is 25.3 Å². The van der Waals surface area contributed by atoms with Gasteiger partial charge in [-0.3, -0.25) is 4.79 Å². The second-order valence-corrected chi connectivity index (χ2v) is 6.88. The van der Waals surface area contributed by atoms with Gasteiger partial charge in [-0.15, -0.1) is 0 Å². The van der Waals surface area contributed by atoms with Crippen LogP contribution >= 0.6 is 0 Å². The molecule has 25 heavy (non-hydrogen) atoms. The zero-order chi connectivity index (χ0) is 17.6. The summed E-state index contributed by atoms with van der Waals surface area (Å²) in [5.74, 6) is -0.415. The first-order chi connectivity index (χ1) is 12.1. The van der Waals surface area contributed by atoms with Crippen molar-refractivity contribution in [3.05, 3.63) is 58.9 Å². The van der Waals surface area contributed by atoms with Crippen molar-refractivity contribution in [2.24, 2.45) is 5.92 Å². The SMILES string of the molecule is CCCc1c2c(n3ccccc13)C(=O)C(C(O)c1nc[nH]c1C)CC2. The molecule has 0 aromatic carbocycles. The quantitative estimate of drug-likeness (QED) is 0.766. The van der Waals surface area contributed by atoms with Crippen LogP contribution < -0.4 is 0 Å². The molecular weight excluding hydrogens is 314 g/mol. The number of aromatic nitrogens is 3.